The van der Waals surface area contributed by atoms with Crippen LogP contribution in [0.1, 0.15) is 38.7 Å². The lowest BCUT2D eigenvalue weighted by molar-refractivity contribution is -0.122. The number of piperidine rings is 1. The summed E-state index contributed by atoms with van der Waals surface area (Å²) in [7, 11) is 2.11. The van der Waals surface area contributed by atoms with Crippen LogP contribution in [0.4, 0.5) is 0 Å². The predicted octanol–water partition coefficient (Wildman–Crippen LogP) is 3.49. The summed E-state index contributed by atoms with van der Waals surface area (Å²) in [6.45, 7) is 8.19. The summed E-state index contributed by atoms with van der Waals surface area (Å²) in [6, 6.07) is 10.8. The van der Waals surface area contributed by atoms with Gasteiger partial charge >= 0.3 is 0 Å². The first-order valence-corrected chi connectivity index (χ1v) is 9.28. The molecule has 2 N–H and O–H groups in total. The molecule has 150 valence electrons. The zero-order chi connectivity index (χ0) is 17.4. The third kappa shape index (κ3) is 8.72. The fraction of sp³-hybridized carbons (Fsp3) is 0.650. The van der Waals surface area contributed by atoms with E-state index in [4.69, 9.17) is 0 Å². The number of nitrogens with one attached hydrogen (secondary N) is 2. The van der Waals surface area contributed by atoms with Crippen molar-refractivity contribution in [2.75, 3.05) is 26.7 Å². The highest BCUT2D eigenvalue weighted by Gasteiger charge is 2.22. The molecule has 2 unspecified atom stereocenters. The maximum absolute atomic E-state index is 12.2. The van der Waals surface area contributed by atoms with E-state index in [9.17, 15) is 4.79 Å². The number of halogens is 2. The molecular formula is C20H35Cl2N3O. The lowest BCUT2D eigenvalue weighted by atomic mass is 9.84. The Bertz CT molecular complexity index is 495. The van der Waals surface area contributed by atoms with Crippen molar-refractivity contribution >= 4 is 30.7 Å². The molecule has 1 heterocycles. The smallest absolute Gasteiger partial charge is 0.220 e. The molecule has 2 atom stereocenters. The summed E-state index contributed by atoms with van der Waals surface area (Å²) in [4.78, 5) is 14.5. The Labute approximate surface area is 171 Å². The van der Waals surface area contributed by atoms with E-state index in [-0.39, 0.29) is 30.7 Å². The second kappa shape index (κ2) is 13.4. The Morgan fingerprint density at radius 1 is 1.19 bits per heavy atom. The molecule has 1 saturated heterocycles. The van der Waals surface area contributed by atoms with E-state index in [1.807, 2.05) is 6.07 Å². The van der Waals surface area contributed by atoms with Crippen LogP contribution >= 0.6 is 24.8 Å². The van der Waals surface area contributed by atoms with E-state index in [1.165, 1.54) is 18.4 Å². The number of carbonyl (C=O) groups is 1. The van der Waals surface area contributed by atoms with Gasteiger partial charge in [0.15, 0.2) is 0 Å². The maximum Gasteiger partial charge on any atom is 0.220 e. The van der Waals surface area contributed by atoms with Crippen molar-refractivity contribution < 1.29 is 4.79 Å². The highest BCUT2D eigenvalue weighted by molar-refractivity contribution is 5.85. The minimum atomic E-state index is 0. The Hall–Kier alpha value is -0.810. The largest absolute Gasteiger partial charge is 0.355 e. The molecule has 1 aliphatic rings. The molecule has 2 rings (SSSR count). The van der Waals surface area contributed by atoms with Crippen molar-refractivity contribution in [1.82, 2.24) is 15.5 Å². The average Bonchev–Trinajstić information content (AvgIpc) is 2.61. The summed E-state index contributed by atoms with van der Waals surface area (Å²) in [5, 5.41) is 6.51. The van der Waals surface area contributed by atoms with E-state index in [1.54, 1.807) is 0 Å². The third-order valence-electron chi connectivity index (χ3n) is 5.32. The van der Waals surface area contributed by atoms with E-state index in [0.29, 0.717) is 30.8 Å². The standard InChI is InChI=1S/C20H33N3O.2ClH/c1-16(19-9-11-21-12-10-19)13-20(24)22-14-17(2)23(3)15-18-7-5-4-6-8-18;;/h4-8,16-17,19,21H,9-15H2,1-3H3,(H,22,24);2*1H. The zero-order valence-corrected chi connectivity index (χ0v) is 17.9. The van der Waals surface area contributed by atoms with E-state index in [2.05, 4.69) is 60.7 Å². The van der Waals surface area contributed by atoms with Gasteiger partial charge in [0.1, 0.15) is 0 Å². The van der Waals surface area contributed by atoms with Crippen LogP contribution < -0.4 is 10.6 Å². The van der Waals surface area contributed by atoms with Crippen molar-refractivity contribution in [1.29, 1.82) is 0 Å². The van der Waals surface area contributed by atoms with Gasteiger partial charge in [-0.25, -0.2) is 0 Å². The van der Waals surface area contributed by atoms with Gasteiger partial charge in [-0.05, 0) is 57.3 Å². The molecule has 4 nitrogen and oxygen atoms in total. The van der Waals surface area contributed by atoms with Crippen LogP contribution in [0.2, 0.25) is 0 Å². The Kier molecular flexibility index (Phi) is 13.0. The van der Waals surface area contributed by atoms with Gasteiger partial charge in [0.2, 0.25) is 5.91 Å². The van der Waals surface area contributed by atoms with Crippen LogP contribution in [-0.4, -0.2) is 43.5 Å². The predicted molar refractivity (Wildman–Crippen MR) is 114 cm³/mol. The average molecular weight is 404 g/mol. The molecule has 6 heteroatoms. The van der Waals surface area contributed by atoms with Crippen LogP contribution in [0.3, 0.4) is 0 Å². The Balaban J connectivity index is 0.00000312. The fourth-order valence-electron chi connectivity index (χ4n) is 3.39. The fourth-order valence-corrected chi connectivity index (χ4v) is 3.39. The molecule has 0 saturated carbocycles. The number of hydrogen-bond donors (Lipinski definition) is 2. The van der Waals surface area contributed by atoms with Gasteiger partial charge in [-0.3, -0.25) is 9.69 Å². The number of hydrogen-bond acceptors (Lipinski definition) is 3. The molecular weight excluding hydrogens is 369 g/mol. The van der Waals surface area contributed by atoms with E-state index >= 15 is 0 Å². The molecule has 0 radical (unpaired) electrons. The second-order valence-electron chi connectivity index (χ2n) is 7.32. The number of likely N-dealkylation sites (N-methyl/N-ethyl adjacent to an activating group) is 1. The Morgan fingerprint density at radius 2 is 1.81 bits per heavy atom. The zero-order valence-electron chi connectivity index (χ0n) is 16.2. The minimum absolute atomic E-state index is 0. The molecule has 1 fully saturated rings. The first kappa shape index (κ1) is 25.2. The normalized spacial score (nSPS) is 16.9. The molecule has 26 heavy (non-hydrogen) atoms. The summed E-state index contributed by atoms with van der Waals surface area (Å²) in [5.74, 6) is 1.36. The van der Waals surface area contributed by atoms with Crippen molar-refractivity contribution in [3.8, 4) is 0 Å². The number of benzene rings is 1. The molecule has 0 aliphatic carbocycles. The van der Waals surface area contributed by atoms with Gasteiger partial charge in [0.25, 0.3) is 0 Å². The second-order valence-corrected chi connectivity index (χ2v) is 7.32. The van der Waals surface area contributed by atoms with Crippen LogP contribution in [0.15, 0.2) is 30.3 Å². The van der Waals surface area contributed by atoms with Crippen LogP contribution in [0.5, 0.6) is 0 Å². The number of amides is 1. The van der Waals surface area contributed by atoms with Crippen molar-refractivity contribution in [2.45, 2.75) is 45.7 Å². The highest BCUT2D eigenvalue weighted by Crippen LogP contribution is 2.24. The van der Waals surface area contributed by atoms with Gasteiger partial charge in [0.05, 0.1) is 0 Å². The van der Waals surface area contributed by atoms with Gasteiger partial charge < -0.3 is 10.6 Å². The number of carbonyl (C=O) groups excluding carboxylic acids is 1. The molecule has 0 spiro atoms. The van der Waals surface area contributed by atoms with Gasteiger partial charge in [-0.2, -0.15) is 0 Å². The summed E-state index contributed by atoms with van der Waals surface area (Å²) in [6.07, 6.45) is 3.05. The monoisotopic (exact) mass is 403 g/mol. The third-order valence-corrected chi connectivity index (χ3v) is 5.32. The SMILES string of the molecule is CC(CC(=O)NCC(C)N(C)Cc1ccccc1)C1CCNCC1.Cl.Cl. The molecule has 1 aliphatic heterocycles. The minimum Gasteiger partial charge on any atom is -0.355 e. The highest BCUT2D eigenvalue weighted by atomic mass is 35.5. The van der Waals surface area contributed by atoms with E-state index < -0.39 is 0 Å². The quantitative estimate of drug-likeness (QED) is 0.697. The lowest BCUT2D eigenvalue weighted by Crippen LogP contribution is -2.40. The molecule has 1 aromatic rings. The van der Waals surface area contributed by atoms with Gasteiger partial charge in [-0.15, -0.1) is 24.8 Å². The van der Waals surface area contributed by atoms with Crippen LogP contribution in [0, 0.1) is 11.8 Å². The lowest BCUT2D eigenvalue weighted by Gasteiger charge is -2.28. The van der Waals surface area contributed by atoms with Crippen molar-refractivity contribution in [3.63, 3.8) is 0 Å². The first-order chi connectivity index (χ1) is 11.6. The molecule has 0 bridgehead atoms. The maximum atomic E-state index is 12.2. The summed E-state index contributed by atoms with van der Waals surface area (Å²) < 4.78 is 0. The molecule has 1 amide bonds. The number of nitrogens with zero attached hydrogens (tertiary/aromatic N) is 1. The Morgan fingerprint density at radius 3 is 2.42 bits per heavy atom. The van der Waals surface area contributed by atoms with Crippen LogP contribution in [0.25, 0.3) is 0 Å². The number of rotatable bonds is 8. The van der Waals surface area contributed by atoms with Crippen molar-refractivity contribution in [2.24, 2.45) is 11.8 Å². The molecule has 1 aromatic carbocycles. The summed E-state index contributed by atoms with van der Waals surface area (Å²) in [5.41, 5.74) is 1.30. The first-order valence-electron chi connectivity index (χ1n) is 9.28. The van der Waals surface area contributed by atoms with E-state index in [0.717, 1.165) is 19.6 Å². The topological polar surface area (TPSA) is 44.4 Å². The van der Waals surface area contributed by atoms with Crippen LogP contribution in [-0.2, 0) is 11.3 Å². The van der Waals surface area contributed by atoms with Gasteiger partial charge in [0, 0.05) is 25.6 Å². The molecule has 0 aromatic heterocycles. The van der Waals surface area contributed by atoms with Crippen molar-refractivity contribution in [3.05, 3.63) is 35.9 Å². The van der Waals surface area contributed by atoms with Gasteiger partial charge in [-0.1, -0.05) is 37.3 Å². The summed E-state index contributed by atoms with van der Waals surface area (Å²) >= 11 is 0.